The molecule has 0 heterocycles. The number of nitrogens with one attached hydrogen (secondary N) is 1. The maximum absolute atomic E-state index is 12.9. The van der Waals surface area contributed by atoms with Crippen LogP contribution in [-0.2, 0) is 10.0 Å². The highest BCUT2D eigenvalue weighted by Gasteiger charge is 2.26. The second kappa shape index (κ2) is 5.73. The second-order valence-electron chi connectivity index (χ2n) is 3.75. The number of halogens is 1. The first-order valence-electron chi connectivity index (χ1n) is 5.11. The molecule has 0 aliphatic rings. The third kappa shape index (κ3) is 3.70. The van der Waals surface area contributed by atoms with Gasteiger partial charge in [0, 0.05) is 6.54 Å². The fourth-order valence-electron chi connectivity index (χ4n) is 1.22. The van der Waals surface area contributed by atoms with Crippen molar-refractivity contribution in [2.24, 2.45) is 5.92 Å². The molecular formula is C10H10FN3O4S. The molecule has 0 spiro atoms. The average molecular weight is 287 g/mol. The van der Waals surface area contributed by atoms with Gasteiger partial charge >= 0.3 is 0 Å². The van der Waals surface area contributed by atoms with Crippen LogP contribution in [0.1, 0.15) is 6.92 Å². The summed E-state index contributed by atoms with van der Waals surface area (Å²) in [7, 11) is -4.17. The topological polar surface area (TPSA) is 113 Å². The normalized spacial score (nSPS) is 12.7. The van der Waals surface area contributed by atoms with E-state index in [9.17, 15) is 22.9 Å². The van der Waals surface area contributed by atoms with Gasteiger partial charge in [-0.25, -0.2) is 17.5 Å². The summed E-state index contributed by atoms with van der Waals surface area (Å²) in [5.74, 6) is -1.50. The minimum atomic E-state index is -4.17. The Hall–Kier alpha value is -2.05. The van der Waals surface area contributed by atoms with E-state index in [4.69, 9.17) is 5.26 Å². The van der Waals surface area contributed by atoms with Gasteiger partial charge < -0.3 is 0 Å². The van der Waals surface area contributed by atoms with Gasteiger partial charge in [-0.05, 0) is 19.1 Å². The van der Waals surface area contributed by atoms with Gasteiger partial charge in [0.25, 0.3) is 5.69 Å². The number of benzene rings is 1. The molecule has 1 aromatic rings. The van der Waals surface area contributed by atoms with Crippen molar-refractivity contribution in [3.05, 3.63) is 34.1 Å². The van der Waals surface area contributed by atoms with E-state index in [1.165, 1.54) is 6.92 Å². The molecule has 1 atom stereocenters. The number of hydrogen-bond donors (Lipinski definition) is 1. The lowest BCUT2D eigenvalue weighted by molar-refractivity contribution is -0.388. The third-order valence-electron chi connectivity index (χ3n) is 2.21. The fraction of sp³-hybridized carbons (Fsp3) is 0.300. The molecule has 1 aromatic carbocycles. The maximum Gasteiger partial charge on any atom is 0.292 e. The van der Waals surface area contributed by atoms with Crippen molar-refractivity contribution in [3.63, 3.8) is 0 Å². The van der Waals surface area contributed by atoms with Gasteiger partial charge in [-0.1, -0.05) is 0 Å². The predicted molar refractivity (Wildman–Crippen MR) is 63.0 cm³/mol. The highest BCUT2D eigenvalue weighted by Crippen LogP contribution is 2.24. The molecule has 0 saturated carbocycles. The number of nitriles is 1. The lowest BCUT2D eigenvalue weighted by atomic mass is 10.2. The highest BCUT2D eigenvalue weighted by atomic mass is 32.2. The molecule has 102 valence electrons. The molecule has 7 nitrogen and oxygen atoms in total. The van der Waals surface area contributed by atoms with Crippen molar-refractivity contribution in [1.29, 1.82) is 5.26 Å². The van der Waals surface area contributed by atoms with Gasteiger partial charge in [0.05, 0.1) is 23.0 Å². The van der Waals surface area contributed by atoms with Crippen molar-refractivity contribution < 1.29 is 17.7 Å². The lowest BCUT2D eigenvalue weighted by Crippen LogP contribution is -2.28. The van der Waals surface area contributed by atoms with Crippen LogP contribution in [0.15, 0.2) is 23.1 Å². The van der Waals surface area contributed by atoms with Crippen molar-refractivity contribution >= 4 is 15.7 Å². The highest BCUT2D eigenvalue weighted by molar-refractivity contribution is 7.89. The first kappa shape index (κ1) is 15.0. The van der Waals surface area contributed by atoms with Gasteiger partial charge in [-0.3, -0.25) is 10.1 Å². The molecule has 0 radical (unpaired) electrons. The molecule has 0 fully saturated rings. The van der Waals surface area contributed by atoms with Crippen LogP contribution >= 0.6 is 0 Å². The van der Waals surface area contributed by atoms with Gasteiger partial charge in [0.15, 0.2) is 4.90 Å². The molecule has 0 saturated heterocycles. The molecule has 0 aliphatic carbocycles. The van der Waals surface area contributed by atoms with Crippen LogP contribution in [-0.4, -0.2) is 19.9 Å². The summed E-state index contributed by atoms with van der Waals surface area (Å²) in [6, 6.07) is 3.97. The number of rotatable bonds is 5. The van der Waals surface area contributed by atoms with E-state index < -0.39 is 37.3 Å². The van der Waals surface area contributed by atoms with Crippen LogP contribution in [0, 0.1) is 33.2 Å². The van der Waals surface area contributed by atoms with E-state index in [2.05, 4.69) is 4.72 Å². The molecule has 0 amide bonds. The molecule has 0 bridgehead atoms. The summed E-state index contributed by atoms with van der Waals surface area (Å²) in [6.07, 6.45) is 0. The van der Waals surface area contributed by atoms with E-state index in [-0.39, 0.29) is 6.54 Å². The minimum absolute atomic E-state index is 0.187. The SMILES string of the molecule is CC(C#N)CNS(=O)(=O)c1ccc(F)cc1[N+](=O)[O-]. The van der Waals surface area contributed by atoms with E-state index in [0.717, 1.165) is 12.1 Å². The van der Waals surface area contributed by atoms with Crippen molar-refractivity contribution in [2.75, 3.05) is 6.54 Å². The molecule has 1 N–H and O–H groups in total. The summed E-state index contributed by atoms with van der Waals surface area (Å²) in [5.41, 5.74) is -0.850. The first-order chi connectivity index (χ1) is 8.77. The Morgan fingerprint density at radius 1 is 1.58 bits per heavy atom. The summed E-state index contributed by atoms with van der Waals surface area (Å²) in [4.78, 5) is 9.09. The van der Waals surface area contributed by atoms with Crippen molar-refractivity contribution in [1.82, 2.24) is 4.72 Å². The second-order valence-corrected chi connectivity index (χ2v) is 5.49. The lowest BCUT2D eigenvalue weighted by Gasteiger charge is -2.08. The van der Waals surface area contributed by atoms with Crippen LogP contribution in [0.5, 0.6) is 0 Å². The third-order valence-corrected chi connectivity index (χ3v) is 3.68. The zero-order valence-corrected chi connectivity index (χ0v) is 10.6. The minimum Gasteiger partial charge on any atom is -0.258 e. The van der Waals surface area contributed by atoms with E-state index in [1.54, 1.807) is 0 Å². The Kier molecular flexibility index (Phi) is 4.52. The molecule has 19 heavy (non-hydrogen) atoms. The number of nitrogens with zero attached hydrogens (tertiary/aromatic N) is 2. The van der Waals surface area contributed by atoms with Crippen LogP contribution in [0.3, 0.4) is 0 Å². The van der Waals surface area contributed by atoms with Gasteiger partial charge in [-0.2, -0.15) is 5.26 Å². The molecule has 9 heteroatoms. The first-order valence-corrected chi connectivity index (χ1v) is 6.59. The zero-order valence-electron chi connectivity index (χ0n) is 9.83. The molecule has 0 aliphatic heterocycles. The Balaban J connectivity index is 3.15. The van der Waals surface area contributed by atoms with Crippen LogP contribution < -0.4 is 4.72 Å². The van der Waals surface area contributed by atoms with Crippen LogP contribution in [0.2, 0.25) is 0 Å². The van der Waals surface area contributed by atoms with E-state index >= 15 is 0 Å². The number of nitro benzene ring substituents is 1. The molecular weight excluding hydrogens is 277 g/mol. The van der Waals surface area contributed by atoms with Gasteiger partial charge in [0.1, 0.15) is 5.82 Å². The predicted octanol–water partition coefficient (Wildman–Crippen LogP) is 1.17. The van der Waals surface area contributed by atoms with Gasteiger partial charge in [0.2, 0.25) is 10.0 Å². The smallest absolute Gasteiger partial charge is 0.258 e. The Morgan fingerprint density at radius 2 is 2.21 bits per heavy atom. The standard InChI is InChI=1S/C10H10FN3O4S/c1-7(5-12)6-13-19(17,18)10-3-2-8(11)4-9(10)14(15)16/h2-4,7,13H,6H2,1H3. The number of sulfonamides is 1. The maximum atomic E-state index is 12.9. The van der Waals surface area contributed by atoms with Crippen molar-refractivity contribution in [3.8, 4) is 6.07 Å². The van der Waals surface area contributed by atoms with Gasteiger partial charge in [-0.15, -0.1) is 0 Å². The Labute approximate surface area is 108 Å². The molecule has 1 rings (SSSR count). The van der Waals surface area contributed by atoms with Crippen LogP contribution in [0.25, 0.3) is 0 Å². The van der Waals surface area contributed by atoms with Crippen molar-refractivity contribution in [2.45, 2.75) is 11.8 Å². The average Bonchev–Trinajstić information content (AvgIpc) is 2.35. The largest absolute Gasteiger partial charge is 0.292 e. The monoisotopic (exact) mass is 287 g/mol. The van der Waals surface area contributed by atoms with Crippen LogP contribution in [0.4, 0.5) is 10.1 Å². The summed E-state index contributed by atoms with van der Waals surface area (Å²) < 4.78 is 38.6. The zero-order chi connectivity index (χ0) is 14.6. The fourth-order valence-corrected chi connectivity index (χ4v) is 2.50. The Morgan fingerprint density at radius 3 is 2.74 bits per heavy atom. The Bertz CT molecular complexity index is 639. The van der Waals surface area contributed by atoms with E-state index in [1.807, 2.05) is 6.07 Å². The summed E-state index contributed by atoms with van der Waals surface area (Å²) in [6.45, 7) is 1.30. The number of nitro groups is 1. The number of hydrogen-bond acceptors (Lipinski definition) is 5. The quantitative estimate of drug-likeness (QED) is 0.645. The summed E-state index contributed by atoms with van der Waals surface area (Å²) in [5, 5.41) is 19.2. The summed E-state index contributed by atoms with van der Waals surface area (Å²) >= 11 is 0. The van der Waals surface area contributed by atoms with E-state index in [0.29, 0.717) is 6.07 Å². The molecule has 0 aromatic heterocycles. The molecule has 1 unspecified atom stereocenters.